The van der Waals surface area contributed by atoms with Crippen LogP contribution in [-0.4, -0.2) is 30.4 Å². The van der Waals surface area contributed by atoms with Gasteiger partial charge in [-0.05, 0) is 31.9 Å². The van der Waals surface area contributed by atoms with Crippen molar-refractivity contribution < 1.29 is 14.6 Å². The fourth-order valence-electron chi connectivity index (χ4n) is 2.78. The number of benzene rings is 1. The van der Waals surface area contributed by atoms with Crippen LogP contribution in [0.1, 0.15) is 32.6 Å². The second kappa shape index (κ2) is 7.88. The molecule has 2 unspecified atom stereocenters. The molecule has 1 aliphatic rings. The highest BCUT2D eigenvalue weighted by Gasteiger charge is 2.25. The molecule has 1 aromatic rings. The molecule has 0 bridgehead atoms. The Morgan fingerprint density at radius 1 is 1.38 bits per heavy atom. The first kappa shape index (κ1) is 15.6. The highest BCUT2D eigenvalue weighted by atomic mass is 16.5. The van der Waals surface area contributed by atoms with E-state index in [1.165, 1.54) is 0 Å². The van der Waals surface area contributed by atoms with Crippen molar-refractivity contribution in [1.82, 2.24) is 5.32 Å². The Labute approximate surface area is 125 Å². The van der Waals surface area contributed by atoms with Gasteiger partial charge in [0.1, 0.15) is 5.75 Å². The standard InChI is InChI=1S/C16H24N2O3/c1-2-21-14-8-5-7-13(10-14)17-16(20)18-15-9-4-3-6-12(15)11-19/h5,7-8,10,12,15,19H,2-4,6,9,11H2,1H3,(H2,17,18,20). The lowest BCUT2D eigenvalue weighted by atomic mass is 9.85. The van der Waals surface area contributed by atoms with E-state index in [1.807, 2.05) is 25.1 Å². The molecule has 2 rings (SSSR count). The number of carbonyl (C=O) groups excluding carboxylic acids is 1. The molecule has 2 atom stereocenters. The molecule has 0 radical (unpaired) electrons. The molecule has 0 saturated heterocycles. The van der Waals surface area contributed by atoms with Crippen LogP contribution < -0.4 is 15.4 Å². The minimum Gasteiger partial charge on any atom is -0.494 e. The average Bonchev–Trinajstić information content (AvgIpc) is 2.48. The summed E-state index contributed by atoms with van der Waals surface area (Å²) in [7, 11) is 0. The van der Waals surface area contributed by atoms with Gasteiger partial charge in [-0.15, -0.1) is 0 Å². The summed E-state index contributed by atoms with van der Waals surface area (Å²) in [6, 6.07) is 7.15. The summed E-state index contributed by atoms with van der Waals surface area (Å²) in [5, 5.41) is 15.2. The van der Waals surface area contributed by atoms with Gasteiger partial charge in [-0.2, -0.15) is 0 Å². The number of aliphatic hydroxyl groups is 1. The summed E-state index contributed by atoms with van der Waals surface area (Å²) in [5.41, 5.74) is 0.704. The molecule has 21 heavy (non-hydrogen) atoms. The number of carbonyl (C=O) groups is 1. The predicted molar refractivity (Wildman–Crippen MR) is 82.6 cm³/mol. The van der Waals surface area contributed by atoms with Crippen molar-refractivity contribution >= 4 is 11.7 Å². The lowest BCUT2D eigenvalue weighted by Crippen LogP contribution is -2.45. The average molecular weight is 292 g/mol. The summed E-state index contributed by atoms with van der Waals surface area (Å²) < 4.78 is 5.41. The van der Waals surface area contributed by atoms with Crippen LogP contribution in [0.15, 0.2) is 24.3 Å². The van der Waals surface area contributed by atoms with Gasteiger partial charge >= 0.3 is 6.03 Å². The van der Waals surface area contributed by atoms with E-state index in [1.54, 1.807) is 6.07 Å². The molecule has 1 fully saturated rings. The van der Waals surface area contributed by atoms with E-state index in [0.29, 0.717) is 12.3 Å². The van der Waals surface area contributed by atoms with Crippen molar-refractivity contribution in [2.24, 2.45) is 5.92 Å². The van der Waals surface area contributed by atoms with E-state index >= 15 is 0 Å². The molecular weight excluding hydrogens is 268 g/mol. The van der Waals surface area contributed by atoms with Crippen molar-refractivity contribution in [2.75, 3.05) is 18.5 Å². The van der Waals surface area contributed by atoms with Crippen molar-refractivity contribution in [3.8, 4) is 5.75 Å². The maximum absolute atomic E-state index is 12.1. The number of hydrogen-bond donors (Lipinski definition) is 3. The second-order valence-corrected chi connectivity index (χ2v) is 5.39. The van der Waals surface area contributed by atoms with Crippen LogP contribution in [0.5, 0.6) is 5.75 Å². The second-order valence-electron chi connectivity index (χ2n) is 5.39. The van der Waals surface area contributed by atoms with E-state index in [4.69, 9.17) is 4.74 Å². The van der Waals surface area contributed by atoms with Crippen molar-refractivity contribution in [3.05, 3.63) is 24.3 Å². The van der Waals surface area contributed by atoms with E-state index in [-0.39, 0.29) is 24.6 Å². The van der Waals surface area contributed by atoms with Gasteiger partial charge in [-0.25, -0.2) is 4.79 Å². The minimum atomic E-state index is -0.228. The minimum absolute atomic E-state index is 0.0545. The molecule has 0 heterocycles. The Balaban J connectivity index is 1.90. The van der Waals surface area contributed by atoms with Crippen LogP contribution in [0.25, 0.3) is 0 Å². The maximum Gasteiger partial charge on any atom is 0.319 e. The third-order valence-electron chi connectivity index (χ3n) is 3.86. The van der Waals surface area contributed by atoms with Crippen LogP contribution in [0.4, 0.5) is 10.5 Å². The van der Waals surface area contributed by atoms with Gasteiger partial charge in [0.15, 0.2) is 0 Å². The molecule has 5 nitrogen and oxygen atoms in total. The van der Waals surface area contributed by atoms with Crippen molar-refractivity contribution in [2.45, 2.75) is 38.6 Å². The summed E-state index contributed by atoms with van der Waals surface area (Å²) in [6.45, 7) is 2.64. The normalized spacial score (nSPS) is 21.6. The van der Waals surface area contributed by atoms with E-state index in [0.717, 1.165) is 31.4 Å². The molecule has 1 aliphatic carbocycles. The fourth-order valence-corrected chi connectivity index (χ4v) is 2.78. The first-order valence-corrected chi connectivity index (χ1v) is 7.64. The highest BCUT2D eigenvalue weighted by Crippen LogP contribution is 2.24. The van der Waals surface area contributed by atoms with Gasteiger partial charge in [0, 0.05) is 30.3 Å². The SMILES string of the molecule is CCOc1cccc(NC(=O)NC2CCCCC2CO)c1. The maximum atomic E-state index is 12.1. The van der Waals surface area contributed by atoms with Gasteiger partial charge in [0.05, 0.1) is 6.61 Å². The van der Waals surface area contributed by atoms with E-state index in [9.17, 15) is 9.90 Å². The predicted octanol–water partition coefficient (Wildman–Crippen LogP) is 2.76. The number of rotatable bonds is 5. The Bertz CT molecular complexity index is 465. The van der Waals surface area contributed by atoms with Crippen LogP contribution in [0.2, 0.25) is 0 Å². The zero-order valence-electron chi connectivity index (χ0n) is 12.5. The Morgan fingerprint density at radius 2 is 2.19 bits per heavy atom. The topological polar surface area (TPSA) is 70.6 Å². The van der Waals surface area contributed by atoms with Crippen molar-refractivity contribution in [3.63, 3.8) is 0 Å². The molecule has 1 aromatic carbocycles. The quantitative estimate of drug-likeness (QED) is 0.781. The number of ether oxygens (including phenoxy) is 1. The Morgan fingerprint density at radius 3 is 2.95 bits per heavy atom. The molecule has 2 amide bonds. The van der Waals surface area contributed by atoms with Crippen LogP contribution in [0.3, 0.4) is 0 Å². The fraction of sp³-hybridized carbons (Fsp3) is 0.562. The number of amides is 2. The number of urea groups is 1. The van der Waals surface area contributed by atoms with Gasteiger partial charge < -0.3 is 20.5 Å². The largest absolute Gasteiger partial charge is 0.494 e. The molecule has 0 aliphatic heterocycles. The summed E-state index contributed by atoms with van der Waals surface area (Å²) in [5.74, 6) is 0.903. The van der Waals surface area contributed by atoms with Crippen LogP contribution >= 0.6 is 0 Å². The third kappa shape index (κ3) is 4.63. The summed E-state index contributed by atoms with van der Waals surface area (Å²) in [4.78, 5) is 12.1. The van der Waals surface area contributed by atoms with Crippen LogP contribution in [-0.2, 0) is 0 Å². The molecule has 5 heteroatoms. The summed E-state index contributed by atoms with van der Waals surface area (Å²) >= 11 is 0. The van der Waals surface area contributed by atoms with Gasteiger partial charge in [0.25, 0.3) is 0 Å². The monoisotopic (exact) mass is 292 g/mol. The van der Waals surface area contributed by atoms with E-state index in [2.05, 4.69) is 10.6 Å². The lowest BCUT2D eigenvalue weighted by molar-refractivity contribution is 0.156. The van der Waals surface area contributed by atoms with Crippen molar-refractivity contribution in [1.29, 1.82) is 0 Å². The molecular formula is C16H24N2O3. The first-order chi connectivity index (χ1) is 10.2. The first-order valence-electron chi connectivity index (χ1n) is 7.64. The number of nitrogens with one attached hydrogen (secondary N) is 2. The number of aliphatic hydroxyl groups excluding tert-OH is 1. The van der Waals surface area contributed by atoms with Crippen LogP contribution in [0, 0.1) is 5.92 Å². The summed E-state index contributed by atoms with van der Waals surface area (Å²) in [6.07, 6.45) is 4.13. The Kier molecular flexibility index (Phi) is 5.87. The zero-order valence-corrected chi connectivity index (χ0v) is 12.5. The smallest absolute Gasteiger partial charge is 0.319 e. The molecule has 1 saturated carbocycles. The van der Waals surface area contributed by atoms with Gasteiger partial charge in [-0.1, -0.05) is 18.9 Å². The molecule has 0 aromatic heterocycles. The zero-order chi connectivity index (χ0) is 15.1. The molecule has 0 spiro atoms. The third-order valence-corrected chi connectivity index (χ3v) is 3.86. The van der Waals surface area contributed by atoms with Gasteiger partial charge in [0.2, 0.25) is 0 Å². The Hall–Kier alpha value is -1.75. The number of hydrogen-bond acceptors (Lipinski definition) is 3. The van der Waals surface area contributed by atoms with E-state index < -0.39 is 0 Å². The highest BCUT2D eigenvalue weighted by molar-refractivity contribution is 5.89. The molecule has 3 N–H and O–H groups in total. The lowest BCUT2D eigenvalue weighted by Gasteiger charge is -2.30. The number of anilines is 1. The molecule has 116 valence electrons. The van der Waals surface area contributed by atoms with Gasteiger partial charge in [-0.3, -0.25) is 0 Å².